The van der Waals surface area contributed by atoms with Crippen LogP contribution in [0, 0.1) is 5.92 Å². The summed E-state index contributed by atoms with van der Waals surface area (Å²) in [5, 5.41) is 0. The first-order chi connectivity index (χ1) is 15.7. The maximum Gasteiger partial charge on any atom is 0.232 e. The molecule has 33 heavy (non-hydrogen) atoms. The zero-order chi connectivity index (χ0) is 22.0. The lowest BCUT2D eigenvalue weighted by Crippen LogP contribution is -2.49. The van der Waals surface area contributed by atoms with Gasteiger partial charge in [0.25, 0.3) is 0 Å². The van der Waals surface area contributed by atoms with Gasteiger partial charge in [0, 0.05) is 19.5 Å². The Hall–Kier alpha value is -2.82. The third-order valence-corrected chi connectivity index (χ3v) is 7.20. The van der Waals surface area contributed by atoms with Gasteiger partial charge in [-0.25, -0.2) is 0 Å². The standard InChI is InChI=1S/C28H30N2O2.ClH/c29-27(31)28(23-7-3-1-4-8-23,24-9-5-2-6-10-24)25-14-17-30(20-25)16-13-21-11-12-26-22(19-21)15-18-32-26;/h1-12,19,25H,13-18,20H2,(H2,29,31);1H/t25-;/m1./s1. The van der Waals surface area contributed by atoms with Crippen molar-refractivity contribution in [1.82, 2.24) is 4.90 Å². The van der Waals surface area contributed by atoms with E-state index in [4.69, 9.17) is 10.5 Å². The number of fused-ring (bicyclic) bond motifs is 1. The molecule has 5 heteroatoms. The van der Waals surface area contributed by atoms with Crippen molar-refractivity contribution in [3.63, 3.8) is 0 Å². The predicted octanol–water partition coefficient (Wildman–Crippen LogP) is 4.38. The second kappa shape index (κ2) is 9.98. The van der Waals surface area contributed by atoms with Crippen LogP contribution in [0.1, 0.15) is 28.7 Å². The molecule has 1 fully saturated rings. The Balaban J connectivity index is 0.00000259. The molecule has 0 saturated carbocycles. The average Bonchev–Trinajstić information content (AvgIpc) is 3.49. The normalized spacial score (nSPS) is 17.8. The lowest BCUT2D eigenvalue weighted by Gasteiger charge is -2.37. The molecular formula is C28H31ClN2O2. The van der Waals surface area contributed by atoms with Crippen LogP contribution in [-0.2, 0) is 23.1 Å². The third-order valence-electron chi connectivity index (χ3n) is 7.20. The van der Waals surface area contributed by atoms with Gasteiger partial charge in [-0.1, -0.05) is 72.8 Å². The summed E-state index contributed by atoms with van der Waals surface area (Å²) in [6.07, 6.45) is 2.95. The summed E-state index contributed by atoms with van der Waals surface area (Å²) >= 11 is 0. The molecule has 3 aromatic carbocycles. The second-order valence-corrected chi connectivity index (χ2v) is 8.98. The van der Waals surface area contributed by atoms with E-state index in [1.165, 1.54) is 11.1 Å². The Kier molecular flexibility index (Phi) is 7.06. The molecule has 4 nitrogen and oxygen atoms in total. The molecule has 1 atom stereocenters. The molecule has 1 saturated heterocycles. The van der Waals surface area contributed by atoms with Crippen LogP contribution in [0.4, 0.5) is 0 Å². The van der Waals surface area contributed by atoms with Gasteiger partial charge in [0.05, 0.1) is 6.61 Å². The lowest BCUT2D eigenvalue weighted by molar-refractivity contribution is -0.123. The highest BCUT2D eigenvalue weighted by Gasteiger charge is 2.49. The summed E-state index contributed by atoms with van der Waals surface area (Å²) in [7, 11) is 0. The van der Waals surface area contributed by atoms with Crippen molar-refractivity contribution in [3.05, 3.63) is 101 Å². The average molecular weight is 463 g/mol. The number of ether oxygens (including phenoxy) is 1. The van der Waals surface area contributed by atoms with Crippen molar-refractivity contribution in [2.24, 2.45) is 11.7 Å². The van der Waals surface area contributed by atoms with Gasteiger partial charge in [-0.05, 0) is 53.6 Å². The van der Waals surface area contributed by atoms with Crippen LogP contribution in [-0.4, -0.2) is 37.0 Å². The van der Waals surface area contributed by atoms with Crippen LogP contribution >= 0.6 is 12.4 Å². The van der Waals surface area contributed by atoms with Crippen LogP contribution in [0.5, 0.6) is 5.75 Å². The quantitative estimate of drug-likeness (QED) is 0.567. The predicted molar refractivity (Wildman–Crippen MR) is 134 cm³/mol. The van der Waals surface area contributed by atoms with Crippen molar-refractivity contribution in [2.75, 3.05) is 26.2 Å². The monoisotopic (exact) mass is 462 g/mol. The van der Waals surface area contributed by atoms with E-state index in [1.807, 2.05) is 60.7 Å². The molecule has 0 radical (unpaired) electrons. The van der Waals surface area contributed by atoms with E-state index < -0.39 is 5.41 Å². The Labute approximate surface area is 202 Å². The Morgan fingerprint density at radius 1 is 1.00 bits per heavy atom. The van der Waals surface area contributed by atoms with E-state index >= 15 is 0 Å². The van der Waals surface area contributed by atoms with Crippen LogP contribution < -0.4 is 10.5 Å². The van der Waals surface area contributed by atoms with Crippen molar-refractivity contribution in [2.45, 2.75) is 24.7 Å². The van der Waals surface area contributed by atoms with E-state index in [9.17, 15) is 4.79 Å². The topological polar surface area (TPSA) is 55.6 Å². The van der Waals surface area contributed by atoms with E-state index in [0.29, 0.717) is 0 Å². The highest BCUT2D eigenvalue weighted by Crippen LogP contribution is 2.43. The van der Waals surface area contributed by atoms with Crippen LogP contribution in [0.15, 0.2) is 78.9 Å². The first kappa shape index (κ1) is 23.3. The molecule has 5 rings (SSSR count). The number of hydrogen-bond donors (Lipinski definition) is 1. The Bertz CT molecular complexity index is 1050. The second-order valence-electron chi connectivity index (χ2n) is 8.98. The van der Waals surface area contributed by atoms with E-state index in [0.717, 1.165) is 62.4 Å². The van der Waals surface area contributed by atoms with Crippen LogP contribution in [0.25, 0.3) is 0 Å². The van der Waals surface area contributed by atoms with E-state index in [-0.39, 0.29) is 24.2 Å². The lowest BCUT2D eigenvalue weighted by atomic mass is 9.64. The van der Waals surface area contributed by atoms with Gasteiger partial charge in [0.2, 0.25) is 5.91 Å². The van der Waals surface area contributed by atoms with Gasteiger partial charge in [-0.2, -0.15) is 0 Å². The van der Waals surface area contributed by atoms with Gasteiger partial charge >= 0.3 is 0 Å². The number of primary amides is 1. The first-order valence-electron chi connectivity index (χ1n) is 11.6. The van der Waals surface area contributed by atoms with Crippen molar-refractivity contribution in [1.29, 1.82) is 0 Å². The number of carbonyl (C=O) groups excluding carboxylic acids is 1. The van der Waals surface area contributed by atoms with Crippen LogP contribution in [0.2, 0.25) is 0 Å². The minimum Gasteiger partial charge on any atom is -0.493 e. The number of carbonyl (C=O) groups is 1. The third kappa shape index (κ3) is 4.38. The number of hydrogen-bond acceptors (Lipinski definition) is 3. The zero-order valence-corrected chi connectivity index (χ0v) is 19.6. The molecule has 0 aromatic heterocycles. The summed E-state index contributed by atoms with van der Waals surface area (Å²) in [5.41, 5.74) is 10.0. The zero-order valence-electron chi connectivity index (χ0n) is 18.8. The van der Waals surface area contributed by atoms with E-state index in [2.05, 4.69) is 23.1 Å². The smallest absolute Gasteiger partial charge is 0.232 e. The maximum absolute atomic E-state index is 13.2. The Morgan fingerprint density at radius 3 is 2.30 bits per heavy atom. The SMILES string of the molecule is Cl.NC(=O)C(c1ccccc1)(c1ccccc1)[C@@H]1CCN(CCc2ccc3c(c2)CCO3)C1. The molecular weight excluding hydrogens is 432 g/mol. The maximum atomic E-state index is 13.2. The highest BCUT2D eigenvalue weighted by atomic mass is 35.5. The fourth-order valence-electron chi connectivity index (χ4n) is 5.60. The van der Waals surface area contributed by atoms with E-state index in [1.54, 1.807) is 0 Å². The summed E-state index contributed by atoms with van der Waals surface area (Å²) in [6, 6.07) is 26.7. The summed E-state index contributed by atoms with van der Waals surface area (Å²) in [6.45, 7) is 3.61. The van der Waals surface area contributed by atoms with Gasteiger partial charge < -0.3 is 15.4 Å². The molecule has 0 bridgehead atoms. The molecule has 2 aliphatic heterocycles. The molecule has 2 heterocycles. The van der Waals surface area contributed by atoms with Crippen LogP contribution in [0.3, 0.4) is 0 Å². The number of halogens is 1. The van der Waals surface area contributed by atoms with Gasteiger partial charge in [-0.3, -0.25) is 4.79 Å². The molecule has 0 unspecified atom stereocenters. The molecule has 3 aromatic rings. The molecule has 0 spiro atoms. The summed E-state index contributed by atoms with van der Waals surface area (Å²) in [4.78, 5) is 15.7. The highest BCUT2D eigenvalue weighted by molar-refractivity contribution is 5.91. The van der Waals surface area contributed by atoms with Gasteiger partial charge in [0.15, 0.2) is 0 Å². The number of amides is 1. The van der Waals surface area contributed by atoms with Crippen molar-refractivity contribution >= 4 is 18.3 Å². The first-order valence-corrected chi connectivity index (χ1v) is 11.6. The van der Waals surface area contributed by atoms with Crippen molar-refractivity contribution in [3.8, 4) is 5.75 Å². The molecule has 2 aliphatic rings. The fourth-order valence-corrected chi connectivity index (χ4v) is 5.60. The minimum absolute atomic E-state index is 0. The number of nitrogens with zero attached hydrogens (tertiary/aromatic N) is 1. The summed E-state index contributed by atoms with van der Waals surface area (Å²) < 4.78 is 5.64. The molecule has 0 aliphatic carbocycles. The van der Waals surface area contributed by atoms with Gasteiger partial charge in [0.1, 0.15) is 11.2 Å². The largest absolute Gasteiger partial charge is 0.493 e. The number of rotatable bonds is 7. The number of benzene rings is 3. The Morgan fingerprint density at radius 2 is 1.67 bits per heavy atom. The summed E-state index contributed by atoms with van der Waals surface area (Å²) in [5.74, 6) is 0.908. The van der Waals surface area contributed by atoms with Crippen molar-refractivity contribution < 1.29 is 9.53 Å². The number of nitrogens with two attached hydrogens (primary N) is 1. The molecule has 172 valence electrons. The van der Waals surface area contributed by atoms with Gasteiger partial charge in [-0.15, -0.1) is 12.4 Å². The minimum atomic E-state index is -0.817. The number of likely N-dealkylation sites (tertiary alicyclic amines) is 1. The molecule has 2 N–H and O–H groups in total. The molecule has 1 amide bonds. The fraction of sp³-hybridized carbons (Fsp3) is 0.321.